The highest BCUT2D eigenvalue weighted by Crippen LogP contribution is 2.20. The molecular weight excluding hydrogens is 312 g/mol. The van der Waals surface area contributed by atoms with Gasteiger partial charge < -0.3 is 0 Å². The molecule has 0 atom stereocenters. The van der Waals surface area contributed by atoms with Gasteiger partial charge in [0.2, 0.25) is 0 Å². The van der Waals surface area contributed by atoms with E-state index in [2.05, 4.69) is 0 Å². The second kappa shape index (κ2) is 8.42. The summed E-state index contributed by atoms with van der Waals surface area (Å²) in [6, 6.07) is 13.8. The number of anilines is 2. The van der Waals surface area contributed by atoms with E-state index in [0.29, 0.717) is 22.5 Å². The van der Waals surface area contributed by atoms with Gasteiger partial charge in [-0.3, -0.25) is 24.1 Å². The fraction of sp³-hybridized carbons (Fsp3) is 0.235. The van der Waals surface area contributed by atoms with Gasteiger partial charge in [-0.25, -0.2) is 0 Å². The van der Waals surface area contributed by atoms with Crippen LogP contribution in [-0.2, 0) is 19.4 Å². The molecule has 128 valence electrons. The number of hydrogen-bond donors (Lipinski definition) is 0. The van der Waals surface area contributed by atoms with E-state index in [9.17, 15) is 4.79 Å². The summed E-state index contributed by atoms with van der Waals surface area (Å²) in [4.78, 5) is 32.6. The average Bonchev–Trinajstić information content (AvgIpc) is 2.64. The normalized spacial score (nSPS) is 10.5. The molecule has 0 fully saturated rings. The van der Waals surface area contributed by atoms with Gasteiger partial charge in [0.1, 0.15) is 0 Å². The van der Waals surface area contributed by atoms with E-state index >= 15 is 0 Å². The summed E-state index contributed by atoms with van der Waals surface area (Å²) in [6.45, 7) is 0. The Bertz CT molecular complexity index is 592. The molecule has 2 aromatic carbocycles. The molecule has 24 heavy (non-hydrogen) atoms. The SMILES string of the molecule is CON(OC)c1ccc(C(=O)c2ccc(N(OC)OC)cc2)cc1. The van der Waals surface area contributed by atoms with Gasteiger partial charge in [0.15, 0.2) is 5.78 Å². The zero-order valence-corrected chi connectivity index (χ0v) is 14.1. The molecule has 0 aliphatic carbocycles. The lowest BCUT2D eigenvalue weighted by Crippen LogP contribution is -2.20. The molecule has 0 aliphatic rings. The molecule has 2 rings (SSSR count). The molecule has 0 bridgehead atoms. The van der Waals surface area contributed by atoms with Gasteiger partial charge in [0.25, 0.3) is 0 Å². The Morgan fingerprint density at radius 1 is 0.625 bits per heavy atom. The molecule has 0 heterocycles. The first-order valence-corrected chi connectivity index (χ1v) is 7.16. The van der Waals surface area contributed by atoms with Gasteiger partial charge in [0, 0.05) is 11.1 Å². The highest BCUT2D eigenvalue weighted by Gasteiger charge is 2.12. The predicted octanol–water partition coefficient (Wildman–Crippen LogP) is 2.78. The van der Waals surface area contributed by atoms with Gasteiger partial charge in [0.05, 0.1) is 39.8 Å². The summed E-state index contributed by atoms with van der Waals surface area (Å²) in [5.74, 6) is -0.0872. The third kappa shape index (κ3) is 3.90. The average molecular weight is 332 g/mol. The Kier molecular flexibility index (Phi) is 6.28. The van der Waals surface area contributed by atoms with Gasteiger partial charge in [-0.2, -0.15) is 0 Å². The van der Waals surface area contributed by atoms with Crippen LogP contribution in [0.3, 0.4) is 0 Å². The Hall–Kier alpha value is -2.45. The van der Waals surface area contributed by atoms with Crippen LogP contribution in [0.25, 0.3) is 0 Å². The van der Waals surface area contributed by atoms with E-state index in [0.717, 1.165) is 0 Å². The molecular formula is C17H20N2O5. The molecule has 7 nitrogen and oxygen atoms in total. The molecule has 0 amide bonds. The van der Waals surface area contributed by atoms with Crippen LogP contribution in [-0.4, -0.2) is 34.2 Å². The lowest BCUT2D eigenvalue weighted by Gasteiger charge is -2.18. The van der Waals surface area contributed by atoms with Crippen LogP contribution < -0.4 is 10.5 Å². The van der Waals surface area contributed by atoms with E-state index < -0.39 is 0 Å². The second-order valence-electron chi connectivity index (χ2n) is 4.67. The van der Waals surface area contributed by atoms with E-state index in [4.69, 9.17) is 19.4 Å². The third-order valence-electron chi connectivity index (χ3n) is 3.34. The van der Waals surface area contributed by atoms with Crippen LogP contribution in [0.15, 0.2) is 48.5 Å². The number of ketones is 1. The first-order chi connectivity index (χ1) is 11.6. The molecule has 0 unspecified atom stereocenters. The van der Waals surface area contributed by atoms with E-state index in [1.807, 2.05) is 0 Å². The molecule has 0 aliphatic heterocycles. The van der Waals surface area contributed by atoms with Crippen LogP contribution >= 0.6 is 0 Å². The Morgan fingerprint density at radius 2 is 0.917 bits per heavy atom. The van der Waals surface area contributed by atoms with Crippen molar-refractivity contribution >= 4 is 17.2 Å². The zero-order valence-electron chi connectivity index (χ0n) is 14.1. The van der Waals surface area contributed by atoms with Gasteiger partial charge in [-0.1, -0.05) is 0 Å². The molecule has 0 aromatic heterocycles. The van der Waals surface area contributed by atoms with Gasteiger partial charge in [-0.05, 0) is 48.5 Å². The van der Waals surface area contributed by atoms with Crippen molar-refractivity contribution in [3.63, 3.8) is 0 Å². The highest BCUT2D eigenvalue weighted by atomic mass is 16.9. The fourth-order valence-corrected chi connectivity index (χ4v) is 2.21. The van der Waals surface area contributed by atoms with Crippen molar-refractivity contribution in [2.75, 3.05) is 38.9 Å². The maximum Gasteiger partial charge on any atom is 0.193 e. The minimum atomic E-state index is -0.0872. The van der Waals surface area contributed by atoms with Crippen molar-refractivity contribution in [1.29, 1.82) is 0 Å². The monoisotopic (exact) mass is 332 g/mol. The topological polar surface area (TPSA) is 60.5 Å². The summed E-state index contributed by atoms with van der Waals surface area (Å²) in [5, 5.41) is 2.49. The fourth-order valence-electron chi connectivity index (χ4n) is 2.21. The highest BCUT2D eigenvalue weighted by molar-refractivity contribution is 6.09. The smallest absolute Gasteiger partial charge is 0.193 e. The van der Waals surface area contributed by atoms with Crippen LogP contribution in [0.5, 0.6) is 0 Å². The number of benzene rings is 2. The Morgan fingerprint density at radius 3 is 1.17 bits per heavy atom. The largest absolute Gasteiger partial charge is 0.289 e. The Labute approximate surface area is 140 Å². The summed E-state index contributed by atoms with van der Waals surface area (Å²) in [5.41, 5.74) is 2.49. The maximum absolute atomic E-state index is 12.5. The molecule has 2 aromatic rings. The van der Waals surface area contributed by atoms with Crippen LogP contribution in [0.1, 0.15) is 15.9 Å². The van der Waals surface area contributed by atoms with Crippen molar-refractivity contribution in [1.82, 2.24) is 0 Å². The van der Waals surface area contributed by atoms with Crippen molar-refractivity contribution < 1.29 is 24.1 Å². The zero-order chi connectivity index (χ0) is 17.5. The summed E-state index contributed by atoms with van der Waals surface area (Å²) in [6.07, 6.45) is 0. The van der Waals surface area contributed by atoms with Crippen LogP contribution in [0, 0.1) is 0 Å². The van der Waals surface area contributed by atoms with Crippen molar-refractivity contribution in [3.05, 3.63) is 59.7 Å². The number of carbonyl (C=O) groups is 1. The van der Waals surface area contributed by atoms with Crippen LogP contribution in [0.4, 0.5) is 11.4 Å². The van der Waals surface area contributed by atoms with E-state index in [-0.39, 0.29) is 5.78 Å². The first kappa shape index (κ1) is 17.9. The first-order valence-electron chi connectivity index (χ1n) is 7.16. The number of hydrogen-bond acceptors (Lipinski definition) is 7. The number of nitrogens with zero attached hydrogens (tertiary/aromatic N) is 2. The van der Waals surface area contributed by atoms with Crippen molar-refractivity contribution in [2.24, 2.45) is 0 Å². The third-order valence-corrected chi connectivity index (χ3v) is 3.34. The standard InChI is InChI=1S/C17H20N2O5/c1-21-18(22-2)15-9-5-13(6-10-15)17(20)14-7-11-16(12-8-14)19(23-3)24-4/h5-12H,1-4H3. The van der Waals surface area contributed by atoms with Crippen LogP contribution in [0.2, 0.25) is 0 Å². The minimum absolute atomic E-state index is 0.0872. The number of carbonyl (C=O) groups excluding carboxylic acids is 1. The lowest BCUT2D eigenvalue weighted by atomic mass is 10.0. The summed E-state index contributed by atoms with van der Waals surface area (Å²) in [7, 11) is 5.97. The van der Waals surface area contributed by atoms with Gasteiger partial charge in [-0.15, -0.1) is 10.5 Å². The molecule has 0 saturated heterocycles. The van der Waals surface area contributed by atoms with Crippen molar-refractivity contribution in [3.8, 4) is 0 Å². The predicted molar refractivity (Wildman–Crippen MR) is 89.3 cm³/mol. The second-order valence-corrected chi connectivity index (χ2v) is 4.67. The molecule has 0 N–H and O–H groups in total. The van der Waals surface area contributed by atoms with E-state index in [1.165, 1.54) is 38.9 Å². The quantitative estimate of drug-likeness (QED) is 0.544. The molecule has 0 saturated carbocycles. The number of rotatable bonds is 8. The molecule has 0 spiro atoms. The summed E-state index contributed by atoms with van der Waals surface area (Å²) < 4.78 is 0. The molecule has 7 heteroatoms. The summed E-state index contributed by atoms with van der Waals surface area (Å²) >= 11 is 0. The Balaban J connectivity index is 2.16. The maximum atomic E-state index is 12.5. The van der Waals surface area contributed by atoms with Gasteiger partial charge >= 0.3 is 0 Å². The van der Waals surface area contributed by atoms with E-state index in [1.54, 1.807) is 48.5 Å². The minimum Gasteiger partial charge on any atom is -0.289 e. The lowest BCUT2D eigenvalue weighted by molar-refractivity contribution is -0.0434. The van der Waals surface area contributed by atoms with Crippen molar-refractivity contribution in [2.45, 2.75) is 0 Å². The molecule has 0 radical (unpaired) electrons.